The van der Waals surface area contributed by atoms with Crippen LogP contribution in [0.2, 0.25) is 0 Å². The Kier molecular flexibility index (Phi) is 3.29. The third-order valence-electron chi connectivity index (χ3n) is 1.38. The highest BCUT2D eigenvalue weighted by Gasteiger charge is 1.87. The first-order valence-electron chi connectivity index (χ1n) is 3.79. The van der Waals surface area contributed by atoms with Crippen LogP contribution in [0.4, 0.5) is 0 Å². The smallest absolute Gasteiger partial charge is 0.133 e. The van der Waals surface area contributed by atoms with E-state index in [2.05, 4.69) is 10.3 Å². The average molecular weight is 164 g/mol. The monoisotopic (exact) mass is 164 g/mol. The molecule has 1 heterocycles. The molecule has 0 atom stereocenters. The number of likely N-dealkylation sites (N-methyl/N-ethyl adjacent to an activating group) is 1. The molecule has 0 bridgehead atoms. The first-order chi connectivity index (χ1) is 5.83. The number of aromatic nitrogens is 1. The standard InChI is InChI=1S/C9H12N2O/c1-10-6-2-3-8-4-5-9(12)7-11-8/h2-5,7,10,12H,6H2,1H3. The maximum Gasteiger partial charge on any atom is 0.133 e. The van der Waals surface area contributed by atoms with Crippen molar-refractivity contribution < 1.29 is 5.11 Å². The summed E-state index contributed by atoms with van der Waals surface area (Å²) in [6.45, 7) is 0.822. The Morgan fingerprint density at radius 3 is 3.00 bits per heavy atom. The first kappa shape index (κ1) is 8.74. The topological polar surface area (TPSA) is 45.1 Å². The summed E-state index contributed by atoms with van der Waals surface area (Å²) in [4.78, 5) is 3.99. The Morgan fingerprint density at radius 2 is 2.42 bits per heavy atom. The number of aromatic hydroxyl groups is 1. The zero-order valence-corrected chi connectivity index (χ0v) is 6.99. The Hall–Kier alpha value is -1.35. The Bertz CT molecular complexity index is 254. The molecule has 0 aliphatic carbocycles. The van der Waals surface area contributed by atoms with Crippen molar-refractivity contribution in [3.8, 4) is 5.75 Å². The molecule has 1 aromatic rings. The summed E-state index contributed by atoms with van der Waals surface area (Å²) in [5.41, 5.74) is 0.850. The molecule has 0 aliphatic heterocycles. The summed E-state index contributed by atoms with van der Waals surface area (Å²) < 4.78 is 0. The number of hydrogen-bond donors (Lipinski definition) is 2. The molecule has 0 saturated heterocycles. The van der Waals surface area contributed by atoms with E-state index in [1.807, 2.05) is 19.2 Å². The SMILES string of the molecule is CNCC=Cc1ccc(O)cn1. The molecular weight excluding hydrogens is 152 g/mol. The highest BCUT2D eigenvalue weighted by Crippen LogP contribution is 2.06. The van der Waals surface area contributed by atoms with Gasteiger partial charge in [-0.3, -0.25) is 4.98 Å². The van der Waals surface area contributed by atoms with Crippen LogP contribution in [0.1, 0.15) is 5.69 Å². The van der Waals surface area contributed by atoms with E-state index in [9.17, 15) is 0 Å². The fraction of sp³-hybridized carbons (Fsp3) is 0.222. The van der Waals surface area contributed by atoms with Crippen molar-refractivity contribution in [2.24, 2.45) is 0 Å². The van der Waals surface area contributed by atoms with Crippen molar-refractivity contribution in [3.63, 3.8) is 0 Å². The van der Waals surface area contributed by atoms with Gasteiger partial charge in [-0.05, 0) is 25.3 Å². The van der Waals surface area contributed by atoms with E-state index < -0.39 is 0 Å². The second kappa shape index (κ2) is 4.51. The van der Waals surface area contributed by atoms with Gasteiger partial charge in [0.25, 0.3) is 0 Å². The van der Waals surface area contributed by atoms with Crippen LogP contribution in [-0.2, 0) is 0 Å². The molecule has 3 heteroatoms. The van der Waals surface area contributed by atoms with Crippen molar-refractivity contribution >= 4 is 6.08 Å². The van der Waals surface area contributed by atoms with Crippen molar-refractivity contribution in [1.29, 1.82) is 0 Å². The van der Waals surface area contributed by atoms with Gasteiger partial charge >= 0.3 is 0 Å². The van der Waals surface area contributed by atoms with E-state index in [4.69, 9.17) is 5.11 Å². The maximum atomic E-state index is 8.93. The van der Waals surface area contributed by atoms with Gasteiger partial charge < -0.3 is 10.4 Å². The maximum absolute atomic E-state index is 8.93. The minimum absolute atomic E-state index is 0.195. The molecule has 0 aromatic carbocycles. The number of rotatable bonds is 3. The van der Waals surface area contributed by atoms with Crippen LogP contribution in [0.5, 0.6) is 5.75 Å². The van der Waals surface area contributed by atoms with Gasteiger partial charge in [0, 0.05) is 6.54 Å². The predicted molar refractivity (Wildman–Crippen MR) is 48.9 cm³/mol. The van der Waals surface area contributed by atoms with Crippen molar-refractivity contribution in [1.82, 2.24) is 10.3 Å². The minimum Gasteiger partial charge on any atom is -0.506 e. The van der Waals surface area contributed by atoms with Crippen LogP contribution in [0.15, 0.2) is 24.4 Å². The van der Waals surface area contributed by atoms with Crippen LogP contribution in [0.25, 0.3) is 6.08 Å². The molecule has 0 radical (unpaired) electrons. The van der Waals surface area contributed by atoms with E-state index in [0.717, 1.165) is 12.2 Å². The Balaban J connectivity index is 2.58. The van der Waals surface area contributed by atoms with Crippen molar-refractivity contribution in [3.05, 3.63) is 30.1 Å². The molecule has 0 spiro atoms. The van der Waals surface area contributed by atoms with Gasteiger partial charge in [-0.25, -0.2) is 0 Å². The fourth-order valence-electron chi connectivity index (χ4n) is 0.794. The van der Waals surface area contributed by atoms with Crippen LogP contribution < -0.4 is 5.32 Å². The molecule has 1 rings (SSSR count). The van der Waals surface area contributed by atoms with Crippen LogP contribution in [-0.4, -0.2) is 23.7 Å². The molecule has 1 aromatic heterocycles. The molecule has 0 saturated carbocycles. The van der Waals surface area contributed by atoms with E-state index >= 15 is 0 Å². The van der Waals surface area contributed by atoms with Gasteiger partial charge in [0.05, 0.1) is 11.9 Å². The quantitative estimate of drug-likeness (QED) is 0.701. The summed E-state index contributed by atoms with van der Waals surface area (Å²) in [6, 6.07) is 3.38. The van der Waals surface area contributed by atoms with Crippen LogP contribution >= 0.6 is 0 Å². The Labute approximate surface area is 71.8 Å². The average Bonchev–Trinajstić information content (AvgIpc) is 2.09. The van der Waals surface area contributed by atoms with Gasteiger partial charge in [-0.2, -0.15) is 0 Å². The van der Waals surface area contributed by atoms with Gasteiger partial charge in [-0.15, -0.1) is 0 Å². The second-order valence-corrected chi connectivity index (χ2v) is 2.40. The van der Waals surface area contributed by atoms with Crippen molar-refractivity contribution in [2.45, 2.75) is 0 Å². The highest BCUT2D eigenvalue weighted by atomic mass is 16.3. The molecule has 0 fully saturated rings. The third kappa shape index (κ3) is 2.72. The lowest BCUT2D eigenvalue weighted by Crippen LogP contribution is -2.03. The van der Waals surface area contributed by atoms with Gasteiger partial charge in [0.15, 0.2) is 0 Å². The fourth-order valence-corrected chi connectivity index (χ4v) is 0.794. The molecule has 64 valence electrons. The number of pyridine rings is 1. The number of nitrogens with one attached hydrogen (secondary N) is 1. The zero-order valence-electron chi connectivity index (χ0n) is 6.99. The van der Waals surface area contributed by atoms with Crippen molar-refractivity contribution in [2.75, 3.05) is 13.6 Å². The van der Waals surface area contributed by atoms with Crippen LogP contribution in [0, 0.1) is 0 Å². The largest absolute Gasteiger partial charge is 0.506 e. The summed E-state index contributed by atoms with van der Waals surface area (Å²) in [7, 11) is 1.88. The molecular formula is C9H12N2O. The second-order valence-electron chi connectivity index (χ2n) is 2.40. The lowest BCUT2D eigenvalue weighted by atomic mass is 10.3. The van der Waals surface area contributed by atoms with Gasteiger partial charge in [0.2, 0.25) is 0 Å². The van der Waals surface area contributed by atoms with E-state index in [0.29, 0.717) is 0 Å². The minimum atomic E-state index is 0.195. The van der Waals surface area contributed by atoms with Gasteiger partial charge in [0.1, 0.15) is 5.75 Å². The number of nitrogens with zero attached hydrogens (tertiary/aromatic N) is 1. The first-order valence-corrected chi connectivity index (χ1v) is 3.79. The number of hydrogen-bond acceptors (Lipinski definition) is 3. The molecule has 3 nitrogen and oxygen atoms in total. The normalized spacial score (nSPS) is 10.8. The summed E-state index contributed by atoms with van der Waals surface area (Å²) in [5, 5.41) is 11.9. The van der Waals surface area contributed by atoms with E-state index in [1.54, 1.807) is 12.1 Å². The molecule has 0 amide bonds. The third-order valence-corrected chi connectivity index (χ3v) is 1.38. The van der Waals surface area contributed by atoms with E-state index in [-0.39, 0.29) is 5.75 Å². The molecule has 12 heavy (non-hydrogen) atoms. The predicted octanol–water partition coefficient (Wildman–Crippen LogP) is 1.02. The summed E-state index contributed by atoms with van der Waals surface area (Å²) in [6.07, 6.45) is 5.30. The summed E-state index contributed by atoms with van der Waals surface area (Å²) >= 11 is 0. The molecule has 0 unspecified atom stereocenters. The summed E-state index contributed by atoms with van der Waals surface area (Å²) in [5.74, 6) is 0.195. The Morgan fingerprint density at radius 1 is 1.58 bits per heavy atom. The zero-order chi connectivity index (χ0) is 8.81. The molecule has 0 aliphatic rings. The lowest BCUT2D eigenvalue weighted by Gasteiger charge is -1.92. The highest BCUT2D eigenvalue weighted by molar-refractivity contribution is 5.45. The lowest BCUT2D eigenvalue weighted by molar-refractivity contribution is 0.472. The molecule has 2 N–H and O–H groups in total. The van der Waals surface area contributed by atoms with Crippen LogP contribution in [0.3, 0.4) is 0 Å². The van der Waals surface area contributed by atoms with Gasteiger partial charge in [-0.1, -0.05) is 6.08 Å². The van der Waals surface area contributed by atoms with E-state index in [1.165, 1.54) is 6.20 Å².